The lowest BCUT2D eigenvalue weighted by Gasteiger charge is -2.30. The van der Waals surface area contributed by atoms with Crippen molar-refractivity contribution in [2.45, 2.75) is 12.8 Å². The molecule has 0 spiro atoms. The van der Waals surface area contributed by atoms with Crippen LogP contribution in [0.2, 0.25) is 5.02 Å². The molecule has 2 aromatic rings. The molecular weight excluding hydrogens is 392 g/mol. The molecule has 0 atom stereocenters. The van der Waals surface area contributed by atoms with Crippen LogP contribution in [0.4, 0.5) is 5.69 Å². The van der Waals surface area contributed by atoms with Gasteiger partial charge in [0.1, 0.15) is 13.2 Å². The predicted molar refractivity (Wildman–Crippen MR) is 111 cm³/mol. The number of piperidine rings is 1. The molecule has 29 heavy (non-hydrogen) atoms. The Kier molecular flexibility index (Phi) is 6.02. The van der Waals surface area contributed by atoms with Crippen LogP contribution >= 0.6 is 11.6 Å². The summed E-state index contributed by atoms with van der Waals surface area (Å²) >= 11 is 5.86. The molecule has 0 radical (unpaired) electrons. The topological polar surface area (TPSA) is 67.9 Å². The minimum absolute atomic E-state index is 0.0341. The lowest BCUT2D eigenvalue weighted by Crippen LogP contribution is -2.40. The van der Waals surface area contributed by atoms with Crippen LogP contribution in [0.25, 0.3) is 0 Å². The van der Waals surface area contributed by atoms with E-state index in [1.807, 2.05) is 6.07 Å². The Morgan fingerprint density at radius 2 is 1.69 bits per heavy atom. The van der Waals surface area contributed by atoms with E-state index in [2.05, 4.69) is 10.2 Å². The number of nitrogens with one attached hydrogen (secondary N) is 1. The van der Waals surface area contributed by atoms with Crippen LogP contribution in [0.15, 0.2) is 42.5 Å². The molecule has 0 saturated carbocycles. The molecule has 2 aliphatic heterocycles. The molecule has 1 fully saturated rings. The van der Waals surface area contributed by atoms with Gasteiger partial charge in [0.2, 0.25) is 5.91 Å². The van der Waals surface area contributed by atoms with Gasteiger partial charge in [0.15, 0.2) is 17.3 Å². The average molecular weight is 415 g/mol. The van der Waals surface area contributed by atoms with Crippen LogP contribution in [-0.2, 0) is 4.79 Å². The first-order valence-electron chi connectivity index (χ1n) is 9.80. The zero-order chi connectivity index (χ0) is 20.2. The SMILES string of the molecule is O=C(CN1CCC(C(=O)c2ccc3c(c2)OCCO3)CC1)Nc1ccc(Cl)cc1. The summed E-state index contributed by atoms with van der Waals surface area (Å²) in [5, 5.41) is 3.51. The monoisotopic (exact) mass is 414 g/mol. The summed E-state index contributed by atoms with van der Waals surface area (Å²) in [5.41, 5.74) is 1.39. The molecule has 7 heteroatoms. The maximum absolute atomic E-state index is 12.9. The standard InChI is InChI=1S/C22H23ClN2O4/c23-17-2-4-18(5-3-17)24-21(26)14-25-9-7-15(8-10-25)22(27)16-1-6-19-20(13-16)29-12-11-28-19/h1-6,13,15H,7-12,14H2,(H,24,26). The van der Waals surface area contributed by atoms with Gasteiger partial charge in [-0.25, -0.2) is 0 Å². The van der Waals surface area contributed by atoms with Crippen molar-refractivity contribution < 1.29 is 19.1 Å². The van der Waals surface area contributed by atoms with Crippen molar-refractivity contribution in [1.82, 2.24) is 4.90 Å². The molecule has 6 nitrogen and oxygen atoms in total. The Balaban J connectivity index is 1.28. The summed E-state index contributed by atoms with van der Waals surface area (Å²) in [6.07, 6.45) is 1.48. The number of hydrogen-bond donors (Lipinski definition) is 1. The Morgan fingerprint density at radius 3 is 2.41 bits per heavy atom. The summed E-state index contributed by atoms with van der Waals surface area (Å²) < 4.78 is 11.1. The number of carbonyl (C=O) groups excluding carboxylic acids is 2. The van der Waals surface area contributed by atoms with E-state index in [0.29, 0.717) is 41.8 Å². The van der Waals surface area contributed by atoms with Crippen molar-refractivity contribution in [3.8, 4) is 11.5 Å². The van der Waals surface area contributed by atoms with Gasteiger partial charge in [-0.1, -0.05) is 11.6 Å². The number of benzene rings is 2. The highest BCUT2D eigenvalue weighted by Gasteiger charge is 2.27. The first kappa shape index (κ1) is 19.7. The zero-order valence-electron chi connectivity index (χ0n) is 16.0. The van der Waals surface area contributed by atoms with Gasteiger partial charge in [0.05, 0.1) is 6.54 Å². The first-order chi connectivity index (χ1) is 14.1. The molecule has 0 unspecified atom stereocenters. The summed E-state index contributed by atoms with van der Waals surface area (Å²) in [5.74, 6) is 1.36. The molecule has 0 bridgehead atoms. The molecule has 2 heterocycles. The maximum atomic E-state index is 12.9. The van der Waals surface area contributed by atoms with Crippen molar-refractivity contribution in [1.29, 1.82) is 0 Å². The summed E-state index contributed by atoms with van der Waals surface area (Å²) in [6.45, 7) is 2.78. The number of fused-ring (bicyclic) bond motifs is 1. The zero-order valence-corrected chi connectivity index (χ0v) is 16.8. The van der Waals surface area contributed by atoms with Crippen molar-refractivity contribution in [2.75, 3.05) is 38.2 Å². The number of carbonyl (C=O) groups is 2. The van der Waals surface area contributed by atoms with Crippen LogP contribution in [0, 0.1) is 5.92 Å². The second kappa shape index (κ2) is 8.84. The first-order valence-corrected chi connectivity index (χ1v) is 10.2. The number of halogens is 1. The van der Waals surface area contributed by atoms with Crippen LogP contribution in [0.1, 0.15) is 23.2 Å². The van der Waals surface area contributed by atoms with Gasteiger partial charge in [-0.05, 0) is 68.4 Å². The van der Waals surface area contributed by atoms with E-state index >= 15 is 0 Å². The van der Waals surface area contributed by atoms with Crippen molar-refractivity contribution in [3.63, 3.8) is 0 Å². The molecule has 1 amide bonds. The fraction of sp³-hybridized carbons (Fsp3) is 0.364. The van der Waals surface area contributed by atoms with Crippen molar-refractivity contribution in [2.24, 2.45) is 5.92 Å². The van der Waals surface area contributed by atoms with Gasteiger partial charge in [0.25, 0.3) is 0 Å². The van der Waals surface area contributed by atoms with Gasteiger partial charge >= 0.3 is 0 Å². The Hall–Kier alpha value is -2.57. The molecule has 0 aromatic heterocycles. The van der Waals surface area contributed by atoms with Gasteiger partial charge in [0, 0.05) is 22.2 Å². The Morgan fingerprint density at radius 1 is 1.00 bits per heavy atom. The smallest absolute Gasteiger partial charge is 0.238 e. The molecular formula is C22H23ClN2O4. The molecule has 4 rings (SSSR count). The lowest BCUT2D eigenvalue weighted by atomic mass is 9.88. The van der Waals surface area contributed by atoms with Gasteiger partial charge in [-0.2, -0.15) is 0 Å². The fourth-order valence-electron chi connectivity index (χ4n) is 3.72. The van der Waals surface area contributed by atoms with E-state index in [1.165, 1.54) is 0 Å². The Labute approximate surface area is 174 Å². The summed E-state index contributed by atoms with van der Waals surface area (Å²) in [4.78, 5) is 27.2. The highest BCUT2D eigenvalue weighted by molar-refractivity contribution is 6.30. The summed E-state index contributed by atoms with van der Waals surface area (Å²) in [7, 11) is 0. The second-order valence-corrected chi connectivity index (χ2v) is 7.76. The van der Waals surface area contributed by atoms with E-state index in [-0.39, 0.29) is 17.6 Å². The van der Waals surface area contributed by atoms with Crippen molar-refractivity contribution in [3.05, 3.63) is 53.1 Å². The number of hydrogen-bond acceptors (Lipinski definition) is 5. The summed E-state index contributed by atoms with van der Waals surface area (Å²) in [6, 6.07) is 12.4. The predicted octanol–water partition coefficient (Wildman–Crippen LogP) is 3.64. The fourth-order valence-corrected chi connectivity index (χ4v) is 3.85. The number of ether oxygens (including phenoxy) is 2. The highest BCUT2D eigenvalue weighted by Crippen LogP contribution is 2.32. The van der Waals surface area contributed by atoms with E-state index in [9.17, 15) is 9.59 Å². The molecule has 2 aliphatic rings. The quantitative estimate of drug-likeness (QED) is 0.756. The van der Waals surface area contributed by atoms with Gasteiger partial charge in [-0.15, -0.1) is 0 Å². The lowest BCUT2D eigenvalue weighted by molar-refractivity contribution is -0.117. The number of rotatable bonds is 5. The normalized spacial score (nSPS) is 17.0. The molecule has 1 saturated heterocycles. The number of nitrogens with zero attached hydrogens (tertiary/aromatic N) is 1. The van der Waals surface area contributed by atoms with Crippen LogP contribution in [0.3, 0.4) is 0 Å². The minimum atomic E-state index is -0.0658. The molecule has 152 valence electrons. The third-order valence-electron chi connectivity index (χ3n) is 5.28. The molecule has 2 aromatic carbocycles. The second-order valence-electron chi connectivity index (χ2n) is 7.33. The number of Topliss-reactive ketones (excluding diaryl/α,β-unsaturated/α-hetero) is 1. The molecule has 1 N–H and O–H groups in total. The molecule has 0 aliphatic carbocycles. The van der Waals surface area contributed by atoms with E-state index in [1.54, 1.807) is 36.4 Å². The minimum Gasteiger partial charge on any atom is -0.486 e. The maximum Gasteiger partial charge on any atom is 0.238 e. The van der Waals surface area contributed by atoms with E-state index in [4.69, 9.17) is 21.1 Å². The third kappa shape index (κ3) is 4.89. The number of likely N-dealkylation sites (tertiary alicyclic amines) is 1. The largest absolute Gasteiger partial charge is 0.486 e. The third-order valence-corrected chi connectivity index (χ3v) is 5.53. The van der Waals surface area contributed by atoms with Crippen LogP contribution < -0.4 is 14.8 Å². The van der Waals surface area contributed by atoms with Crippen LogP contribution in [0.5, 0.6) is 11.5 Å². The van der Waals surface area contributed by atoms with Gasteiger partial charge < -0.3 is 14.8 Å². The van der Waals surface area contributed by atoms with E-state index < -0.39 is 0 Å². The van der Waals surface area contributed by atoms with Gasteiger partial charge in [-0.3, -0.25) is 14.5 Å². The average Bonchev–Trinajstić information content (AvgIpc) is 2.75. The number of amides is 1. The van der Waals surface area contributed by atoms with Crippen LogP contribution in [-0.4, -0.2) is 49.4 Å². The van der Waals surface area contributed by atoms with E-state index in [0.717, 1.165) is 31.6 Å². The highest BCUT2D eigenvalue weighted by atomic mass is 35.5. The van der Waals surface area contributed by atoms with Crippen molar-refractivity contribution >= 4 is 29.0 Å². The number of ketones is 1. The number of anilines is 1. The Bertz CT molecular complexity index is 892.